The lowest BCUT2D eigenvalue weighted by Gasteiger charge is -2.14. The second-order valence-corrected chi connectivity index (χ2v) is 22.7. The summed E-state index contributed by atoms with van der Waals surface area (Å²) in [5, 5.41) is 0. The summed E-state index contributed by atoms with van der Waals surface area (Å²) in [6, 6.07) is 52.7. The van der Waals surface area contributed by atoms with Gasteiger partial charge in [0.15, 0.2) is 46.3 Å². The number of alkyl halides is 6. The fourth-order valence-electron chi connectivity index (χ4n) is 10.4. The van der Waals surface area contributed by atoms with Gasteiger partial charge in [-0.05, 0) is 99.7 Å². The lowest BCUT2D eigenvalue weighted by atomic mass is 9.95. The summed E-state index contributed by atoms with van der Waals surface area (Å²) in [6.07, 6.45) is -7.68. The van der Waals surface area contributed by atoms with E-state index >= 15 is 0 Å². The maximum Gasteiger partial charge on any atom is 0.417 e. The number of Topliss-reactive ketones (excluding diaryl/α,β-unsaturated/α-hetero) is 8. The Bertz CT molecular complexity index is 3910. The van der Waals surface area contributed by atoms with E-state index < -0.39 is 40.6 Å². The maximum absolute atomic E-state index is 13.0. The SMILES string of the molecule is C.CCc1ccccc1C(=O)CCC(=O)c1ccccc1C(F)(F)F.CCc1ccccc1C(=O)CCC(=O)c1ccccc1OC.CN(C)Cc1ccccc1C(=O)CCC(=O)c1ccccc1C(F)(F)F.COc1ccccc1C(=O)CCC(=O)c1ccccc1CN(C)C. The van der Waals surface area contributed by atoms with Crippen molar-refractivity contribution in [2.75, 3.05) is 42.4 Å². The molecule has 0 aliphatic heterocycles. The maximum atomic E-state index is 13.0. The number of benzene rings is 8. The first-order valence-electron chi connectivity index (χ1n) is 31.2. The lowest BCUT2D eigenvalue weighted by Crippen LogP contribution is -2.16. The van der Waals surface area contributed by atoms with Crippen LogP contribution < -0.4 is 9.47 Å². The number of carbonyl (C=O) groups is 8. The van der Waals surface area contributed by atoms with Crippen molar-refractivity contribution < 1.29 is 74.2 Å². The highest BCUT2D eigenvalue weighted by atomic mass is 19.4. The Balaban J connectivity index is 0.000000274. The molecule has 0 spiro atoms. The molecule has 0 saturated carbocycles. The molecule has 0 unspecified atom stereocenters. The van der Waals surface area contributed by atoms with Crippen LogP contribution in [0.3, 0.4) is 0 Å². The molecule has 0 heterocycles. The predicted molar refractivity (Wildman–Crippen MR) is 366 cm³/mol. The van der Waals surface area contributed by atoms with Crippen LogP contribution in [0.1, 0.15) is 189 Å². The summed E-state index contributed by atoms with van der Waals surface area (Å²) in [7, 11) is 10.8. The van der Waals surface area contributed by atoms with Crippen LogP contribution >= 0.6 is 0 Å². The minimum absolute atomic E-state index is 0. The van der Waals surface area contributed by atoms with Crippen LogP contribution in [0.4, 0.5) is 26.3 Å². The first kappa shape index (κ1) is 79.7. The average Bonchev–Trinajstić information content (AvgIpc) is 0.914. The van der Waals surface area contributed by atoms with Gasteiger partial charge in [0.1, 0.15) is 11.5 Å². The number of methoxy groups -OCH3 is 2. The van der Waals surface area contributed by atoms with Crippen molar-refractivity contribution >= 4 is 46.3 Å². The molecule has 0 atom stereocenters. The largest absolute Gasteiger partial charge is 0.496 e. The van der Waals surface area contributed by atoms with Gasteiger partial charge in [0.05, 0.1) is 36.5 Å². The average molecular weight is 1340 g/mol. The standard InChI is InChI=1S/C20H20F3NO2.C20H23NO3.C19H17F3O2.C19H20O3.CH4/c1-24(2)13-14-7-3-4-8-15(14)18(25)11-12-19(26)16-9-5-6-10-17(16)20(21,22)23;1-21(2)14-15-8-4-5-9-16(15)18(22)12-13-19(23)17-10-6-7-11-20(17)24-3;1-2-13-7-3-4-8-14(13)17(23)11-12-18(24)15-9-5-6-10-16(15)19(20,21)22;1-3-14-8-4-5-9-15(14)17(20)12-13-18(21)16-10-6-7-11-19(16)22-2;/h3-10H,11-13H2,1-2H3;4-11H,12-14H2,1-3H3;3-10H,2,11-12H2,1H3;4-11H,3,12-13H2,1-2H3;1H4. The van der Waals surface area contributed by atoms with Gasteiger partial charge in [0.2, 0.25) is 0 Å². The molecule has 8 rings (SSSR count). The zero-order valence-corrected chi connectivity index (χ0v) is 55.2. The molecule has 0 aromatic heterocycles. The van der Waals surface area contributed by atoms with Crippen molar-refractivity contribution in [1.29, 1.82) is 0 Å². The predicted octanol–water partition coefficient (Wildman–Crippen LogP) is 18.1. The third-order valence-electron chi connectivity index (χ3n) is 15.2. The summed E-state index contributed by atoms with van der Waals surface area (Å²) in [4.78, 5) is 103. The first-order valence-corrected chi connectivity index (χ1v) is 31.2. The number of aryl methyl sites for hydroxylation is 2. The number of rotatable bonds is 28. The number of carbonyl (C=O) groups excluding carboxylic acids is 8. The number of para-hydroxylation sites is 2. The number of ketones is 8. The van der Waals surface area contributed by atoms with Crippen molar-refractivity contribution in [2.24, 2.45) is 0 Å². The van der Waals surface area contributed by atoms with Gasteiger partial charge in [-0.25, -0.2) is 0 Å². The Morgan fingerprint density at radius 2 is 0.495 bits per heavy atom. The van der Waals surface area contributed by atoms with Crippen molar-refractivity contribution in [1.82, 2.24) is 9.80 Å². The molecular formula is C79H84F6N2O10. The normalized spacial score (nSPS) is 10.9. The summed E-state index contributed by atoms with van der Waals surface area (Å²) < 4.78 is 88.3. The second-order valence-electron chi connectivity index (χ2n) is 22.7. The number of hydrogen-bond donors (Lipinski definition) is 0. The van der Waals surface area contributed by atoms with Crippen LogP contribution in [0.25, 0.3) is 0 Å². The van der Waals surface area contributed by atoms with Crippen molar-refractivity contribution in [2.45, 2.75) is 111 Å². The van der Waals surface area contributed by atoms with Crippen LogP contribution in [0.2, 0.25) is 0 Å². The van der Waals surface area contributed by atoms with Crippen LogP contribution in [0.15, 0.2) is 194 Å². The number of ether oxygens (including phenoxy) is 2. The third-order valence-corrected chi connectivity index (χ3v) is 15.2. The van der Waals surface area contributed by atoms with Gasteiger partial charge in [-0.2, -0.15) is 26.3 Å². The summed E-state index contributed by atoms with van der Waals surface area (Å²) >= 11 is 0. The Labute approximate surface area is 564 Å². The molecule has 18 heteroatoms. The van der Waals surface area contributed by atoms with E-state index in [2.05, 4.69) is 0 Å². The Morgan fingerprint density at radius 1 is 0.299 bits per heavy atom. The fraction of sp³-hybridized carbons (Fsp3) is 0.291. The smallest absolute Gasteiger partial charge is 0.417 e. The van der Waals surface area contributed by atoms with Crippen LogP contribution in [0.5, 0.6) is 11.5 Å². The molecule has 8 aromatic rings. The van der Waals surface area contributed by atoms with Gasteiger partial charge < -0.3 is 19.3 Å². The molecule has 0 fully saturated rings. The van der Waals surface area contributed by atoms with E-state index in [1.165, 1.54) is 38.5 Å². The van der Waals surface area contributed by atoms with Crippen LogP contribution in [0, 0.1) is 0 Å². The van der Waals surface area contributed by atoms with E-state index in [0.717, 1.165) is 58.5 Å². The van der Waals surface area contributed by atoms with Gasteiger partial charge in [0.25, 0.3) is 0 Å². The highest BCUT2D eigenvalue weighted by Crippen LogP contribution is 2.34. The molecule has 12 nitrogen and oxygen atoms in total. The van der Waals surface area contributed by atoms with Crippen LogP contribution in [-0.4, -0.2) is 98.5 Å². The molecular weight excluding hydrogens is 1250 g/mol. The molecule has 97 heavy (non-hydrogen) atoms. The van der Waals surface area contributed by atoms with E-state index in [-0.39, 0.29) is 99.1 Å². The monoisotopic (exact) mass is 1330 g/mol. The summed E-state index contributed by atoms with van der Waals surface area (Å²) in [6.45, 7) is 5.19. The van der Waals surface area contributed by atoms with Gasteiger partial charge in [0, 0.05) is 97.8 Å². The lowest BCUT2D eigenvalue weighted by molar-refractivity contribution is -0.138. The van der Waals surface area contributed by atoms with E-state index in [0.29, 0.717) is 58.8 Å². The van der Waals surface area contributed by atoms with Gasteiger partial charge in [-0.1, -0.05) is 179 Å². The van der Waals surface area contributed by atoms with E-state index in [1.54, 1.807) is 60.7 Å². The number of hydrogen-bond acceptors (Lipinski definition) is 12. The Kier molecular flexibility index (Phi) is 32.3. The minimum atomic E-state index is -4.60. The molecule has 0 N–H and O–H groups in total. The molecule has 0 amide bonds. The zero-order chi connectivity index (χ0) is 70.5. The van der Waals surface area contributed by atoms with Crippen LogP contribution in [-0.2, 0) is 38.3 Å². The van der Waals surface area contributed by atoms with Crippen molar-refractivity contribution in [3.63, 3.8) is 0 Å². The van der Waals surface area contributed by atoms with Gasteiger partial charge >= 0.3 is 12.4 Å². The minimum Gasteiger partial charge on any atom is -0.496 e. The quantitative estimate of drug-likeness (QED) is 0.0338. The zero-order valence-electron chi connectivity index (χ0n) is 55.2. The molecule has 0 bridgehead atoms. The summed E-state index contributed by atoms with van der Waals surface area (Å²) in [5.74, 6) is -0.883. The third kappa shape index (κ3) is 24.4. The highest BCUT2D eigenvalue weighted by molar-refractivity contribution is 6.06. The van der Waals surface area contributed by atoms with Crippen molar-refractivity contribution in [3.8, 4) is 11.5 Å². The van der Waals surface area contributed by atoms with E-state index in [4.69, 9.17) is 9.47 Å². The second kappa shape index (κ2) is 39.3. The number of nitrogens with zero attached hydrogens (tertiary/aromatic N) is 2. The Hall–Kier alpha value is -9.78. The Morgan fingerprint density at radius 3 is 0.742 bits per heavy atom. The highest BCUT2D eigenvalue weighted by Gasteiger charge is 2.36. The topological polar surface area (TPSA) is 162 Å². The molecule has 0 aliphatic carbocycles. The van der Waals surface area contributed by atoms with E-state index in [1.807, 2.05) is 137 Å². The first-order chi connectivity index (χ1) is 45.7. The number of halogens is 6. The molecule has 8 aromatic carbocycles. The van der Waals surface area contributed by atoms with Crippen molar-refractivity contribution in [3.05, 3.63) is 272 Å². The van der Waals surface area contributed by atoms with E-state index in [9.17, 15) is 64.7 Å². The van der Waals surface area contributed by atoms with Gasteiger partial charge in [-0.3, -0.25) is 38.4 Å². The summed E-state index contributed by atoms with van der Waals surface area (Å²) in [5.41, 5.74) is 4.48. The van der Waals surface area contributed by atoms with Gasteiger partial charge in [-0.15, -0.1) is 0 Å². The fourth-order valence-corrected chi connectivity index (χ4v) is 10.4. The molecule has 0 radical (unpaired) electrons. The molecule has 0 aliphatic rings. The molecule has 0 saturated heterocycles. The molecule has 512 valence electrons.